The third kappa shape index (κ3) is 2.33. The molecule has 4 heteroatoms. The van der Waals surface area contributed by atoms with Gasteiger partial charge in [-0.15, -0.1) is 23.2 Å². The quantitative estimate of drug-likeness (QED) is 0.841. The third-order valence-electron chi connectivity index (χ3n) is 4.58. The first kappa shape index (κ1) is 14.2. The van der Waals surface area contributed by atoms with E-state index in [9.17, 15) is 4.79 Å². The first-order valence-electron chi connectivity index (χ1n) is 7.31. The summed E-state index contributed by atoms with van der Waals surface area (Å²) in [6, 6.07) is 9.93. The summed E-state index contributed by atoms with van der Waals surface area (Å²) in [6.45, 7) is 0. The van der Waals surface area contributed by atoms with Crippen LogP contribution in [0.2, 0.25) is 0 Å². The van der Waals surface area contributed by atoms with Crippen molar-refractivity contribution in [3.05, 3.63) is 35.9 Å². The fraction of sp³-hybridized carbons (Fsp3) is 0.562. The molecular weight excluding hydrogens is 293 g/mol. The van der Waals surface area contributed by atoms with Crippen LogP contribution in [0.5, 0.6) is 0 Å². The summed E-state index contributed by atoms with van der Waals surface area (Å²) >= 11 is 12.6. The average Bonchev–Trinajstić information content (AvgIpc) is 3.05. The van der Waals surface area contributed by atoms with E-state index in [2.05, 4.69) is 5.32 Å². The van der Waals surface area contributed by atoms with Crippen LogP contribution in [0.3, 0.4) is 0 Å². The Morgan fingerprint density at radius 1 is 1.10 bits per heavy atom. The van der Waals surface area contributed by atoms with Crippen LogP contribution in [0.1, 0.15) is 44.1 Å². The number of alkyl halides is 2. The normalized spacial score (nSPS) is 28.9. The van der Waals surface area contributed by atoms with Crippen molar-refractivity contribution >= 4 is 29.1 Å². The molecule has 2 saturated carbocycles. The maximum Gasteiger partial charge on any atom is 0.234 e. The summed E-state index contributed by atoms with van der Waals surface area (Å²) in [5.74, 6) is -0.0133. The van der Waals surface area contributed by atoms with E-state index in [4.69, 9.17) is 23.2 Å². The van der Waals surface area contributed by atoms with Gasteiger partial charge in [-0.25, -0.2) is 0 Å². The second-order valence-corrected chi connectivity index (χ2v) is 7.44. The standard InChI is InChI=1S/C16H19Cl2NO/c17-16(18)11-15(16,12-7-3-1-4-8-12)14(20)19-13-9-5-2-6-10-13/h1,3-4,7-8,13H,2,5-6,9-11H2,(H,19,20)/t15-/m1/s1. The zero-order valence-corrected chi connectivity index (χ0v) is 12.9. The van der Waals surface area contributed by atoms with Crippen molar-refractivity contribution in [3.63, 3.8) is 0 Å². The summed E-state index contributed by atoms with van der Waals surface area (Å²) in [4.78, 5) is 12.7. The summed E-state index contributed by atoms with van der Waals surface area (Å²) in [7, 11) is 0. The van der Waals surface area contributed by atoms with Crippen LogP contribution in [-0.2, 0) is 10.2 Å². The molecule has 2 fully saturated rings. The molecule has 1 aromatic carbocycles. The van der Waals surface area contributed by atoms with Gasteiger partial charge in [0.25, 0.3) is 0 Å². The van der Waals surface area contributed by atoms with Gasteiger partial charge < -0.3 is 5.32 Å². The van der Waals surface area contributed by atoms with Crippen molar-refractivity contribution in [3.8, 4) is 0 Å². The molecule has 0 aromatic heterocycles. The second-order valence-electron chi connectivity index (χ2n) is 5.96. The van der Waals surface area contributed by atoms with E-state index < -0.39 is 9.75 Å². The first-order valence-corrected chi connectivity index (χ1v) is 8.06. The molecule has 0 radical (unpaired) electrons. The largest absolute Gasteiger partial charge is 0.353 e. The maximum atomic E-state index is 12.7. The van der Waals surface area contributed by atoms with Crippen LogP contribution in [-0.4, -0.2) is 16.3 Å². The smallest absolute Gasteiger partial charge is 0.234 e. The maximum absolute atomic E-state index is 12.7. The molecule has 0 spiro atoms. The molecule has 0 heterocycles. The van der Waals surface area contributed by atoms with E-state index >= 15 is 0 Å². The summed E-state index contributed by atoms with van der Waals surface area (Å²) in [5, 5.41) is 3.17. The molecule has 1 N–H and O–H groups in total. The van der Waals surface area contributed by atoms with Crippen LogP contribution in [0.25, 0.3) is 0 Å². The van der Waals surface area contributed by atoms with Gasteiger partial charge >= 0.3 is 0 Å². The van der Waals surface area contributed by atoms with Crippen LogP contribution < -0.4 is 5.32 Å². The molecule has 0 unspecified atom stereocenters. The predicted molar refractivity (Wildman–Crippen MR) is 82.2 cm³/mol. The molecule has 2 nitrogen and oxygen atoms in total. The number of carbonyl (C=O) groups excluding carboxylic acids is 1. The molecule has 0 aliphatic heterocycles. The average molecular weight is 312 g/mol. The lowest BCUT2D eigenvalue weighted by Gasteiger charge is -2.26. The van der Waals surface area contributed by atoms with Gasteiger partial charge in [-0.1, -0.05) is 49.6 Å². The SMILES string of the molecule is O=C(NC1CCCCC1)[C@]1(c2ccccc2)CC1(Cl)Cl. The van der Waals surface area contributed by atoms with E-state index in [-0.39, 0.29) is 11.9 Å². The minimum Gasteiger partial charge on any atom is -0.353 e. The molecule has 0 bridgehead atoms. The Morgan fingerprint density at radius 3 is 2.25 bits per heavy atom. The van der Waals surface area contributed by atoms with Gasteiger partial charge in [0.05, 0.1) is 0 Å². The third-order valence-corrected chi connectivity index (χ3v) is 5.49. The topological polar surface area (TPSA) is 29.1 Å². The van der Waals surface area contributed by atoms with Crippen LogP contribution in [0.4, 0.5) is 0 Å². The Morgan fingerprint density at radius 2 is 1.70 bits per heavy atom. The minimum atomic E-state index is -0.979. The molecular formula is C16H19Cl2NO. The number of amides is 1. The molecule has 3 rings (SSSR count). The number of benzene rings is 1. The predicted octanol–water partition coefficient (Wildman–Crippen LogP) is 3.95. The number of nitrogens with one attached hydrogen (secondary N) is 1. The van der Waals surface area contributed by atoms with E-state index in [0.717, 1.165) is 18.4 Å². The summed E-state index contributed by atoms with van der Waals surface area (Å²) in [5.41, 5.74) is 0.146. The van der Waals surface area contributed by atoms with Gasteiger partial charge in [0.2, 0.25) is 5.91 Å². The van der Waals surface area contributed by atoms with E-state index in [1.807, 2.05) is 30.3 Å². The van der Waals surface area contributed by atoms with Gasteiger partial charge in [0.1, 0.15) is 9.75 Å². The van der Waals surface area contributed by atoms with Gasteiger partial charge in [-0.2, -0.15) is 0 Å². The Hall–Kier alpha value is -0.730. The summed E-state index contributed by atoms with van der Waals surface area (Å²) < 4.78 is -0.979. The second kappa shape index (κ2) is 5.23. The van der Waals surface area contributed by atoms with Crippen LogP contribution in [0.15, 0.2) is 30.3 Å². The van der Waals surface area contributed by atoms with Gasteiger partial charge in [-0.05, 0) is 18.4 Å². The first-order chi connectivity index (χ1) is 9.56. The number of hydrogen-bond acceptors (Lipinski definition) is 1. The molecule has 0 saturated heterocycles. The Kier molecular flexibility index (Phi) is 3.72. The molecule has 1 aromatic rings. The molecule has 2 aliphatic carbocycles. The number of hydrogen-bond donors (Lipinski definition) is 1. The highest BCUT2D eigenvalue weighted by Gasteiger charge is 2.72. The van der Waals surface area contributed by atoms with E-state index in [0.29, 0.717) is 6.42 Å². The van der Waals surface area contributed by atoms with Crippen molar-refractivity contribution in [1.29, 1.82) is 0 Å². The monoisotopic (exact) mass is 311 g/mol. The van der Waals surface area contributed by atoms with Crippen molar-refractivity contribution in [2.75, 3.05) is 0 Å². The fourth-order valence-electron chi connectivity index (χ4n) is 3.26. The highest BCUT2D eigenvalue weighted by Crippen LogP contribution is 2.65. The van der Waals surface area contributed by atoms with Crippen LogP contribution >= 0.6 is 23.2 Å². The highest BCUT2D eigenvalue weighted by atomic mass is 35.5. The highest BCUT2D eigenvalue weighted by molar-refractivity contribution is 6.54. The van der Waals surface area contributed by atoms with E-state index in [1.165, 1.54) is 19.3 Å². The lowest BCUT2D eigenvalue weighted by molar-refractivity contribution is -0.124. The summed E-state index contributed by atoms with van der Waals surface area (Å²) in [6.07, 6.45) is 6.27. The van der Waals surface area contributed by atoms with Gasteiger partial charge in [-0.3, -0.25) is 4.79 Å². The van der Waals surface area contributed by atoms with Crippen molar-refractivity contribution in [2.45, 2.75) is 54.3 Å². The minimum absolute atomic E-state index is 0.0133. The molecule has 20 heavy (non-hydrogen) atoms. The molecule has 2 aliphatic rings. The van der Waals surface area contributed by atoms with Crippen molar-refractivity contribution in [2.24, 2.45) is 0 Å². The Bertz CT molecular complexity index is 496. The van der Waals surface area contributed by atoms with Crippen molar-refractivity contribution < 1.29 is 4.79 Å². The van der Waals surface area contributed by atoms with Crippen LogP contribution in [0, 0.1) is 0 Å². The molecule has 1 atom stereocenters. The zero-order valence-electron chi connectivity index (χ0n) is 11.4. The zero-order chi connectivity index (χ0) is 14.2. The van der Waals surface area contributed by atoms with Gasteiger partial charge in [0, 0.05) is 12.5 Å². The number of carbonyl (C=O) groups is 1. The van der Waals surface area contributed by atoms with Gasteiger partial charge in [0.15, 0.2) is 0 Å². The lowest BCUT2D eigenvalue weighted by atomic mass is 9.91. The Balaban J connectivity index is 1.80. The molecule has 1 amide bonds. The van der Waals surface area contributed by atoms with Crippen molar-refractivity contribution in [1.82, 2.24) is 5.32 Å². The number of halogens is 2. The number of rotatable bonds is 3. The Labute approximate surface area is 129 Å². The lowest BCUT2D eigenvalue weighted by Crippen LogP contribution is -2.44. The van der Waals surface area contributed by atoms with E-state index in [1.54, 1.807) is 0 Å². The molecule has 108 valence electrons. The fourth-order valence-corrected chi connectivity index (χ4v) is 4.05.